The van der Waals surface area contributed by atoms with E-state index in [1.165, 1.54) is 12.8 Å². The summed E-state index contributed by atoms with van der Waals surface area (Å²) in [6.45, 7) is 4.30. The zero-order chi connectivity index (χ0) is 13.7. The summed E-state index contributed by atoms with van der Waals surface area (Å²) in [7, 11) is -3.49. The Kier molecular flexibility index (Phi) is 5.04. The first-order valence-electron chi connectivity index (χ1n) is 7.21. The van der Waals surface area contributed by atoms with E-state index in [4.69, 9.17) is 0 Å². The van der Waals surface area contributed by atoms with Crippen molar-refractivity contribution in [2.45, 2.75) is 37.1 Å². The number of nitrogens with zero attached hydrogens (tertiary/aromatic N) is 1. The molecule has 106 valence electrons. The minimum atomic E-state index is -3.03. The molecule has 0 unspecified atom stereocenters. The van der Waals surface area contributed by atoms with Crippen molar-refractivity contribution in [2.75, 3.05) is 23.4 Å². The van der Waals surface area contributed by atoms with Crippen LogP contribution >= 0.6 is 0 Å². The van der Waals surface area contributed by atoms with Crippen LogP contribution in [0.15, 0.2) is 29.2 Å². The molecular formula is C14H23NO2SSi. The van der Waals surface area contributed by atoms with Gasteiger partial charge in [0.2, 0.25) is 0 Å². The Balaban J connectivity index is 2.04. The van der Waals surface area contributed by atoms with Gasteiger partial charge in [-0.1, -0.05) is 19.4 Å². The van der Waals surface area contributed by atoms with Crippen molar-refractivity contribution in [1.29, 1.82) is 0 Å². The van der Waals surface area contributed by atoms with Crippen molar-refractivity contribution in [3.05, 3.63) is 24.3 Å². The van der Waals surface area contributed by atoms with Crippen LogP contribution in [0.1, 0.15) is 26.2 Å². The van der Waals surface area contributed by atoms with Gasteiger partial charge in [-0.15, -0.1) is 0 Å². The van der Waals surface area contributed by atoms with E-state index in [0.29, 0.717) is 10.3 Å². The van der Waals surface area contributed by atoms with Crippen LogP contribution in [0.25, 0.3) is 0 Å². The molecular weight excluding hydrogens is 274 g/mol. The van der Waals surface area contributed by atoms with Gasteiger partial charge in [-0.3, -0.25) is 0 Å². The molecule has 19 heavy (non-hydrogen) atoms. The summed E-state index contributed by atoms with van der Waals surface area (Å²) in [5.74, 6) is 0. The number of hydrogen-bond donors (Lipinski definition) is 0. The molecule has 3 nitrogen and oxygen atoms in total. The lowest BCUT2D eigenvalue weighted by Crippen LogP contribution is -2.18. The van der Waals surface area contributed by atoms with Gasteiger partial charge >= 0.3 is 0 Å². The third kappa shape index (κ3) is 3.83. The fourth-order valence-electron chi connectivity index (χ4n) is 2.50. The normalized spacial score (nSPS) is 16.6. The predicted molar refractivity (Wildman–Crippen MR) is 83.6 cm³/mol. The first kappa shape index (κ1) is 14.6. The van der Waals surface area contributed by atoms with Gasteiger partial charge in [-0.2, -0.15) is 0 Å². The Hall–Kier alpha value is -0.813. The van der Waals surface area contributed by atoms with Gasteiger partial charge in [0.25, 0.3) is 0 Å². The number of rotatable bonds is 6. The fourth-order valence-corrected chi connectivity index (χ4v) is 6.83. The smallest absolute Gasteiger partial charge is 0.175 e. The summed E-state index contributed by atoms with van der Waals surface area (Å²) in [5, 5.41) is 0.407. The first-order chi connectivity index (χ1) is 9.13. The highest BCUT2D eigenvalue weighted by Crippen LogP contribution is 2.22. The number of sulfone groups is 1. The Bertz CT molecular complexity index is 493. The van der Waals surface area contributed by atoms with Crippen molar-refractivity contribution in [3.63, 3.8) is 0 Å². The average molecular weight is 297 g/mol. The van der Waals surface area contributed by atoms with Gasteiger partial charge in [0.05, 0.1) is 4.90 Å². The molecule has 0 amide bonds. The molecule has 5 heteroatoms. The molecule has 0 atom stereocenters. The van der Waals surface area contributed by atoms with E-state index in [1.54, 1.807) is 12.1 Å². The van der Waals surface area contributed by atoms with Crippen LogP contribution in [0.5, 0.6) is 0 Å². The van der Waals surface area contributed by atoms with E-state index in [-0.39, 0.29) is 0 Å². The van der Waals surface area contributed by atoms with Gasteiger partial charge in [-0.05, 0) is 37.1 Å². The summed E-state index contributed by atoms with van der Waals surface area (Å²) >= 11 is 0. The topological polar surface area (TPSA) is 37.4 Å². The SMILES string of the molecule is CCC[SiH2]CS(=O)(=O)c1ccc(N2CCCC2)cc1. The quantitative estimate of drug-likeness (QED) is 0.595. The lowest BCUT2D eigenvalue weighted by molar-refractivity contribution is 0.600. The Morgan fingerprint density at radius 3 is 2.37 bits per heavy atom. The van der Waals surface area contributed by atoms with Crippen LogP contribution in [0.4, 0.5) is 5.69 Å². The molecule has 1 aromatic rings. The van der Waals surface area contributed by atoms with E-state index in [9.17, 15) is 8.42 Å². The average Bonchev–Trinajstić information content (AvgIpc) is 2.93. The third-order valence-corrected chi connectivity index (χ3v) is 9.19. The van der Waals surface area contributed by atoms with Crippen LogP contribution in [-0.2, 0) is 9.84 Å². The summed E-state index contributed by atoms with van der Waals surface area (Å²) < 4.78 is 24.3. The maximum absolute atomic E-state index is 12.2. The molecule has 1 saturated heterocycles. The monoisotopic (exact) mass is 297 g/mol. The van der Waals surface area contributed by atoms with Crippen LogP contribution in [0, 0.1) is 0 Å². The van der Waals surface area contributed by atoms with Gasteiger partial charge in [0.15, 0.2) is 9.84 Å². The number of anilines is 1. The lowest BCUT2D eigenvalue weighted by atomic mass is 10.3. The van der Waals surface area contributed by atoms with E-state index in [2.05, 4.69) is 11.8 Å². The largest absolute Gasteiger partial charge is 0.372 e. The van der Waals surface area contributed by atoms with Gasteiger partial charge in [-0.25, -0.2) is 8.42 Å². The number of hydrogen-bond acceptors (Lipinski definition) is 3. The minimum absolute atomic E-state index is 0.407. The molecule has 0 saturated carbocycles. The summed E-state index contributed by atoms with van der Waals surface area (Å²) in [5.41, 5.74) is 1.15. The highest BCUT2D eigenvalue weighted by molar-refractivity contribution is 7.92. The van der Waals surface area contributed by atoms with E-state index in [1.807, 2.05) is 12.1 Å². The maximum Gasteiger partial charge on any atom is 0.175 e. The van der Waals surface area contributed by atoms with E-state index in [0.717, 1.165) is 31.2 Å². The highest BCUT2D eigenvalue weighted by atomic mass is 32.2. The second-order valence-corrected chi connectivity index (χ2v) is 9.96. The lowest BCUT2D eigenvalue weighted by Gasteiger charge is -2.17. The van der Waals surface area contributed by atoms with Crippen molar-refractivity contribution in [1.82, 2.24) is 0 Å². The third-order valence-electron chi connectivity index (χ3n) is 3.68. The molecule has 0 radical (unpaired) electrons. The van der Waals surface area contributed by atoms with Crippen molar-refractivity contribution in [3.8, 4) is 0 Å². The molecule has 0 spiro atoms. The predicted octanol–water partition coefficient (Wildman–Crippen LogP) is 2.02. The number of benzene rings is 1. The standard InChI is InChI=1S/C14H23NO2SSi/c1-2-11-19-12-18(16,17)14-7-5-13(6-8-14)15-9-3-4-10-15/h5-8H,2-4,9-12,19H2,1H3. The molecule has 1 heterocycles. The molecule has 0 N–H and O–H groups in total. The summed E-state index contributed by atoms with van der Waals surface area (Å²) in [4.78, 5) is 2.82. The van der Waals surface area contributed by atoms with E-state index >= 15 is 0 Å². The molecule has 0 aliphatic carbocycles. The molecule has 1 aromatic carbocycles. The van der Waals surface area contributed by atoms with E-state index < -0.39 is 19.4 Å². The van der Waals surface area contributed by atoms with Gasteiger partial charge in [0, 0.05) is 33.7 Å². The summed E-state index contributed by atoms with van der Waals surface area (Å²) in [6, 6.07) is 8.59. The zero-order valence-corrected chi connectivity index (χ0v) is 13.9. The molecule has 0 bridgehead atoms. The van der Waals surface area contributed by atoms with Crippen LogP contribution in [0.3, 0.4) is 0 Å². The Labute approximate surface area is 118 Å². The van der Waals surface area contributed by atoms with Crippen LogP contribution in [0.2, 0.25) is 6.04 Å². The van der Waals surface area contributed by atoms with Gasteiger partial charge < -0.3 is 4.90 Å². The highest BCUT2D eigenvalue weighted by Gasteiger charge is 2.16. The Morgan fingerprint density at radius 1 is 1.16 bits per heavy atom. The van der Waals surface area contributed by atoms with Gasteiger partial charge in [0.1, 0.15) is 0 Å². The van der Waals surface area contributed by atoms with Crippen molar-refractivity contribution in [2.24, 2.45) is 0 Å². The molecule has 2 rings (SSSR count). The second-order valence-electron chi connectivity index (χ2n) is 5.21. The molecule has 1 aliphatic heterocycles. The maximum atomic E-state index is 12.2. The molecule has 1 aliphatic rings. The minimum Gasteiger partial charge on any atom is -0.372 e. The van der Waals surface area contributed by atoms with Crippen LogP contribution in [-0.4, -0.2) is 36.4 Å². The second kappa shape index (κ2) is 6.57. The first-order valence-corrected chi connectivity index (χ1v) is 10.9. The molecule has 1 fully saturated rings. The molecule has 0 aromatic heterocycles. The summed E-state index contributed by atoms with van der Waals surface area (Å²) in [6.07, 6.45) is 3.58. The van der Waals surface area contributed by atoms with Crippen molar-refractivity contribution < 1.29 is 8.42 Å². The Morgan fingerprint density at radius 2 is 1.79 bits per heavy atom. The fraction of sp³-hybridized carbons (Fsp3) is 0.571. The zero-order valence-electron chi connectivity index (χ0n) is 11.6. The van der Waals surface area contributed by atoms with Crippen molar-refractivity contribution >= 4 is 25.0 Å². The van der Waals surface area contributed by atoms with Crippen LogP contribution < -0.4 is 4.90 Å².